The number of carbonyl (C=O) groups is 1. The molecular weight excluding hydrogens is 307 g/mol. The van der Waals surface area contributed by atoms with E-state index in [1.807, 2.05) is 0 Å². The molecule has 0 spiro atoms. The first-order valence-electron chi connectivity index (χ1n) is 8.57. The zero-order chi connectivity index (χ0) is 17.2. The SMILES string of the molecule is COc1cccc(C2(F)CCN(C(=O)C3(C#N)CCCC3)CC2)c1. The molecule has 4 nitrogen and oxygen atoms in total. The number of likely N-dealkylation sites (tertiary alicyclic amines) is 1. The number of benzene rings is 1. The lowest BCUT2D eigenvalue weighted by Crippen LogP contribution is -2.48. The molecule has 1 aliphatic heterocycles. The number of hydrogen-bond donors (Lipinski definition) is 0. The molecule has 1 aromatic rings. The van der Waals surface area contributed by atoms with Gasteiger partial charge in [-0.25, -0.2) is 4.39 Å². The monoisotopic (exact) mass is 330 g/mol. The van der Waals surface area contributed by atoms with Crippen molar-refractivity contribution in [1.29, 1.82) is 5.26 Å². The molecule has 0 N–H and O–H groups in total. The largest absolute Gasteiger partial charge is 0.497 e. The number of nitrogens with zero attached hydrogens (tertiary/aromatic N) is 2. The Bertz CT molecular complexity index is 654. The van der Waals surface area contributed by atoms with E-state index in [1.54, 1.807) is 36.3 Å². The van der Waals surface area contributed by atoms with Crippen LogP contribution in [0.2, 0.25) is 0 Å². The molecule has 0 aromatic heterocycles. The predicted molar refractivity (Wildman–Crippen MR) is 88.1 cm³/mol. The highest BCUT2D eigenvalue weighted by atomic mass is 19.1. The minimum absolute atomic E-state index is 0.102. The van der Waals surface area contributed by atoms with Gasteiger partial charge in [0.25, 0.3) is 0 Å². The van der Waals surface area contributed by atoms with E-state index in [-0.39, 0.29) is 18.7 Å². The van der Waals surface area contributed by atoms with E-state index in [4.69, 9.17) is 4.74 Å². The Morgan fingerprint density at radius 1 is 1.25 bits per heavy atom. The molecule has 128 valence electrons. The Hall–Kier alpha value is -2.09. The Balaban J connectivity index is 1.71. The maximum absolute atomic E-state index is 15.4. The van der Waals surface area contributed by atoms with Crippen LogP contribution in [0.4, 0.5) is 4.39 Å². The van der Waals surface area contributed by atoms with Crippen LogP contribution in [-0.4, -0.2) is 31.0 Å². The molecule has 0 atom stereocenters. The van der Waals surface area contributed by atoms with Gasteiger partial charge in [0, 0.05) is 25.9 Å². The van der Waals surface area contributed by atoms with Crippen LogP contribution in [-0.2, 0) is 10.5 Å². The van der Waals surface area contributed by atoms with Gasteiger partial charge in [0.05, 0.1) is 13.2 Å². The number of rotatable bonds is 3. The van der Waals surface area contributed by atoms with Crippen LogP contribution in [0.25, 0.3) is 0 Å². The highest BCUT2D eigenvalue weighted by Gasteiger charge is 2.46. The second kappa shape index (κ2) is 6.43. The van der Waals surface area contributed by atoms with Gasteiger partial charge in [-0.15, -0.1) is 0 Å². The summed E-state index contributed by atoms with van der Waals surface area (Å²) >= 11 is 0. The molecule has 1 heterocycles. The van der Waals surface area contributed by atoms with Crippen LogP contribution >= 0.6 is 0 Å². The van der Waals surface area contributed by atoms with Crippen LogP contribution in [0.15, 0.2) is 24.3 Å². The first kappa shape index (κ1) is 16.8. The van der Waals surface area contributed by atoms with Crippen molar-refractivity contribution in [2.24, 2.45) is 5.41 Å². The minimum Gasteiger partial charge on any atom is -0.497 e. The number of alkyl halides is 1. The summed E-state index contributed by atoms with van der Waals surface area (Å²) in [6, 6.07) is 9.32. The quantitative estimate of drug-likeness (QED) is 0.851. The molecule has 1 amide bonds. The lowest BCUT2D eigenvalue weighted by molar-refractivity contribution is -0.141. The number of ether oxygens (including phenoxy) is 1. The van der Waals surface area contributed by atoms with Gasteiger partial charge in [0.15, 0.2) is 0 Å². The highest BCUT2D eigenvalue weighted by Crippen LogP contribution is 2.42. The third kappa shape index (κ3) is 2.86. The summed E-state index contributed by atoms with van der Waals surface area (Å²) in [6.07, 6.45) is 3.62. The van der Waals surface area contributed by atoms with E-state index in [0.717, 1.165) is 12.8 Å². The zero-order valence-corrected chi connectivity index (χ0v) is 14.1. The maximum Gasteiger partial charge on any atom is 0.243 e. The van der Waals surface area contributed by atoms with Crippen LogP contribution < -0.4 is 4.74 Å². The number of nitriles is 1. The van der Waals surface area contributed by atoms with Gasteiger partial charge in [-0.05, 0) is 30.5 Å². The van der Waals surface area contributed by atoms with Crippen LogP contribution in [0.5, 0.6) is 5.75 Å². The van der Waals surface area contributed by atoms with E-state index in [0.29, 0.717) is 37.2 Å². The summed E-state index contributed by atoms with van der Waals surface area (Å²) in [6.45, 7) is 0.714. The first-order chi connectivity index (χ1) is 11.5. The molecule has 1 saturated carbocycles. The van der Waals surface area contributed by atoms with Crippen molar-refractivity contribution < 1.29 is 13.9 Å². The fraction of sp³-hybridized carbons (Fsp3) is 0.579. The van der Waals surface area contributed by atoms with Gasteiger partial charge >= 0.3 is 0 Å². The highest BCUT2D eigenvalue weighted by molar-refractivity contribution is 5.86. The van der Waals surface area contributed by atoms with Crippen molar-refractivity contribution in [3.05, 3.63) is 29.8 Å². The van der Waals surface area contributed by atoms with Crippen LogP contribution in [0.3, 0.4) is 0 Å². The van der Waals surface area contributed by atoms with Crippen LogP contribution in [0.1, 0.15) is 44.1 Å². The maximum atomic E-state index is 15.4. The van der Waals surface area contributed by atoms with Crippen LogP contribution in [0, 0.1) is 16.7 Å². The standard InChI is InChI=1S/C19H23FN2O2/c1-24-16-6-4-5-15(13-16)19(20)9-11-22(12-10-19)17(23)18(14-21)7-2-3-8-18/h4-6,13H,2-3,7-12H2,1H3. The summed E-state index contributed by atoms with van der Waals surface area (Å²) in [5.74, 6) is 0.535. The zero-order valence-electron chi connectivity index (χ0n) is 14.1. The Morgan fingerprint density at radius 2 is 1.92 bits per heavy atom. The average Bonchev–Trinajstić information content (AvgIpc) is 3.12. The lowest BCUT2D eigenvalue weighted by Gasteiger charge is -2.39. The Kier molecular flexibility index (Phi) is 4.49. The molecule has 1 aromatic carbocycles. The summed E-state index contributed by atoms with van der Waals surface area (Å²) in [5, 5.41) is 9.47. The van der Waals surface area contributed by atoms with E-state index in [9.17, 15) is 10.1 Å². The summed E-state index contributed by atoms with van der Waals surface area (Å²) in [5.41, 5.74) is -1.71. The van der Waals surface area contributed by atoms with Crippen molar-refractivity contribution >= 4 is 5.91 Å². The molecule has 5 heteroatoms. The fourth-order valence-electron chi connectivity index (χ4n) is 3.91. The summed E-state index contributed by atoms with van der Waals surface area (Å²) < 4.78 is 20.5. The number of methoxy groups -OCH3 is 1. The fourth-order valence-corrected chi connectivity index (χ4v) is 3.91. The Morgan fingerprint density at radius 3 is 2.50 bits per heavy atom. The van der Waals surface area contributed by atoms with E-state index < -0.39 is 11.1 Å². The van der Waals surface area contributed by atoms with E-state index in [2.05, 4.69) is 6.07 Å². The summed E-state index contributed by atoms with van der Waals surface area (Å²) in [7, 11) is 1.56. The lowest BCUT2D eigenvalue weighted by atomic mass is 9.82. The van der Waals surface area contributed by atoms with E-state index >= 15 is 4.39 Å². The minimum atomic E-state index is -1.44. The molecule has 2 aliphatic rings. The second-order valence-corrected chi connectivity index (χ2v) is 6.89. The van der Waals surface area contributed by atoms with Gasteiger partial charge in [-0.3, -0.25) is 4.79 Å². The van der Waals surface area contributed by atoms with Gasteiger partial charge in [0.2, 0.25) is 5.91 Å². The molecule has 0 radical (unpaired) electrons. The number of halogens is 1. The van der Waals surface area contributed by atoms with Crippen molar-refractivity contribution in [3.63, 3.8) is 0 Å². The van der Waals surface area contributed by atoms with Gasteiger partial charge in [-0.2, -0.15) is 5.26 Å². The average molecular weight is 330 g/mol. The third-order valence-electron chi connectivity index (χ3n) is 5.51. The van der Waals surface area contributed by atoms with Gasteiger partial charge in [0.1, 0.15) is 16.8 Å². The number of piperidine rings is 1. The molecule has 3 rings (SSSR count). The number of hydrogen-bond acceptors (Lipinski definition) is 3. The Labute approximate surface area is 142 Å². The molecule has 1 aliphatic carbocycles. The molecule has 24 heavy (non-hydrogen) atoms. The number of carbonyl (C=O) groups excluding carboxylic acids is 1. The van der Waals surface area contributed by atoms with Gasteiger partial charge < -0.3 is 9.64 Å². The molecule has 2 fully saturated rings. The molecule has 0 bridgehead atoms. The molecular formula is C19H23FN2O2. The van der Waals surface area contributed by atoms with Crippen molar-refractivity contribution in [2.45, 2.75) is 44.2 Å². The topological polar surface area (TPSA) is 53.3 Å². The molecule has 0 unspecified atom stereocenters. The number of amides is 1. The predicted octanol–water partition coefficient (Wildman–Crippen LogP) is 3.57. The van der Waals surface area contributed by atoms with Crippen molar-refractivity contribution in [3.8, 4) is 11.8 Å². The first-order valence-corrected chi connectivity index (χ1v) is 8.57. The van der Waals surface area contributed by atoms with Crippen molar-refractivity contribution in [2.75, 3.05) is 20.2 Å². The van der Waals surface area contributed by atoms with Crippen molar-refractivity contribution in [1.82, 2.24) is 4.90 Å². The van der Waals surface area contributed by atoms with Gasteiger partial charge in [-0.1, -0.05) is 25.0 Å². The second-order valence-electron chi connectivity index (χ2n) is 6.89. The normalized spacial score (nSPS) is 22.0. The smallest absolute Gasteiger partial charge is 0.243 e. The summed E-state index contributed by atoms with van der Waals surface area (Å²) in [4.78, 5) is 14.4. The molecule has 1 saturated heterocycles. The third-order valence-corrected chi connectivity index (χ3v) is 5.51. The van der Waals surface area contributed by atoms with E-state index in [1.165, 1.54) is 0 Å².